The van der Waals surface area contributed by atoms with Crippen LogP contribution >= 0.6 is 0 Å². The van der Waals surface area contributed by atoms with Gasteiger partial charge in [0.1, 0.15) is 11.5 Å². The van der Waals surface area contributed by atoms with E-state index in [1.54, 1.807) is 14.2 Å². The van der Waals surface area contributed by atoms with Gasteiger partial charge in [-0.25, -0.2) is 0 Å². The zero-order valence-electron chi connectivity index (χ0n) is 29.0. The van der Waals surface area contributed by atoms with E-state index in [-0.39, 0.29) is 5.91 Å². The van der Waals surface area contributed by atoms with Gasteiger partial charge in [-0.15, -0.1) is 0 Å². The van der Waals surface area contributed by atoms with Gasteiger partial charge < -0.3 is 34.5 Å². The largest absolute Gasteiger partial charge is 0.496 e. The number of likely N-dealkylation sites (N-methyl/N-ethyl adjacent to an activating group) is 1. The van der Waals surface area contributed by atoms with Crippen molar-refractivity contribution in [1.82, 2.24) is 14.4 Å². The van der Waals surface area contributed by atoms with Gasteiger partial charge in [-0.3, -0.25) is 4.79 Å². The topological polar surface area (TPSA) is 71.0 Å². The van der Waals surface area contributed by atoms with Crippen molar-refractivity contribution in [3.05, 3.63) is 102 Å². The van der Waals surface area contributed by atoms with E-state index in [4.69, 9.17) is 9.47 Å². The summed E-state index contributed by atoms with van der Waals surface area (Å²) in [6.45, 7) is 13.5. The number of carbonyl (C=O) groups excluding carboxylic acids is 1. The summed E-state index contributed by atoms with van der Waals surface area (Å²) in [7, 11) is 5.44. The first kappa shape index (κ1) is 33.1. The van der Waals surface area contributed by atoms with Gasteiger partial charge in [0.05, 0.1) is 19.8 Å². The van der Waals surface area contributed by atoms with Crippen molar-refractivity contribution in [2.24, 2.45) is 5.92 Å². The number of aryl methyl sites for hydroxylation is 1. The van der Waals surface area contributed by atoms with E-state index in [9.17, 15) is 4.79 Å². The summed E-state index contributed by atoms with van der Waals surface area (Å²) in [5.74, 6) is 1.56. The number of anilines is 3. The van der Waals surface area contributed by atoms with Crippen LogP contribution in [0.15, 0.2) is 84.9 Å². The van der Waals surface area contributed by atoms with Gasteiger partial charge in [0, 0.05) is 90.6 Å². The van der Waals surface area contributed by atoms with Crippen LogP contribution in [0, 0.1) is 19.8 Å². The third-order valence-electron chi connectivity index (χ3n) is 9.54. The summed E-state index contributed by atoms with van der Waals surface area (Å²) >= 11 is 0. The van der Waals surface area contributed by atoms with E-state index in [0.717, 1.165) is 61.8 Å². The van der Waals surface area contributed by atoms with Gasteiger partial charge in [0.15, 0.2) is 0 Å². The highest BCUT2D eigenvalue weighted by Gasteiger charge is 2.20. The number of nitrogens with zero attached hydrogens (tertiary/aromatic N) is 3. The lowest BCUT2D eigenvalue weighted by atomic mass is 10.0. The zero-order chi connectivity index (χ0) is 33.8. The summed E-state index contributed by atoms with van der Waals surface area (Å²) < 4.78 is 13.9. The molecule has 1 fully saturated rings. The molecular formula is C40H47N5O3. The van der Waals surface area contributed by atoms with Crippen LogP contribution in [0.25, 0.3) is 22.0 Å². The molecule has 1 amide bonds. The Balaban J connectivity index is 1.16. The molecule has 1 aromatic heterocycles. The van der Waals surface area contributed by atoms with Crippen molar-refractivity contribution in [1.29, 1.82) is 0 Å². The molecule has 2 heterocycles. The molecule has 0 radical (unpaired) electrons. The van der Waals surface area contributed by atoms with Gasteiger partial charge >= 0.3 is 0 Å². The summed E-state index contributed by atoms with van der Waals surface area (Å²) in [4.78, 5) is 18.4. The van der Waals surface area contributed by atoms with Crippen LogP contribution in [0.2, 0.25) is 0 Å². The third kappa shape index (κ3) is 7.20. The van der Waals surface area contributed by atoms with Crippen molar-refractivity contribution in [2.45, 2.75) is 27.3 Å². The van der Waals surface area contributed by atoms with Crippen molar-refractivity contribution in [3.63, 3.8) is 0 Å². The van der Waals surface area contributed by atoms with E-state index in [2.05, 4.69) is 71.0 Å². The lowest BCUT2D eigenvalue weighted by Crippen LogP contribution is -2.46. The number of hydrogen-bond acceptors (Lipinski definition) is 6. The maximum Gasteiger partial charge on any atom is 0.255 e. The van der Waals surface area contributed by atoms with Crippen LogP contribution < -0.4 is 20.1 Å². The Labute approximate surface area is 284 Å². The second-order valence-electron chi connectivity index (χ2n) is 13.0. The highest BCUT2D eigenvalue weighted by molar-refractivity contribution is 6.05. The van der Waals surface area contributed by atoms with E-state index in [1.807, 2.05) is 66.7 Å². The van der Waals surface area contributed by atoms with Gasteiger partial charge in [0.25, 0.3) is 5.91 Å². The highest BCUT2D eigenvalue weighted by atomic mass is 16.5. The Kier molecular flexibility index (Phi) is 10.0. The van der Waals surface area contributed by atoms with Crippen LogP contribution in [0.1, 0.15) is 28.5 Å². The van der Waals surface area contributed by atoms with E-state index in [0.29, 0.717) is 28.7 Å². The number of piperazine rings is 1. The molecule has 8 heteroatoms. The minimum atomic E-state index is -0.222. The second-order valence-corrected chi connectivity index (χ2v) is 13.0. The second kappa shape index (κ2) is 14.5. The molecule has 250 valence electrons. The molecule has 2 N–H and O–H groups in total. The number of amides is 1. The maximum absolute atomic E-state index is 13.4. The molecule has 1 saturated heterocycles. The SMILES string of the molecule is COc1cc(NC(=O)c2cccc(Nc3ccc4c(c3)c(C)c(C)n4CC(C)CN3CCN(C)CC3)c2)cc(OC)c1-c1ccccc1. The molecule has 4 aromatic carbocycles. The van der Waals surface area contributed by atoms with Crippen molar-refractivity contribution < 1.29 is 14.3 Å². The number of fused-ring (bicyclic) bond motifs is 1. The molecule has 6 rings (SSSR count). The molecular weight excluding hydrogens is 598 g/mol. The Bertz CT molecular complexity index is 1870. The minimum absolute atomic E-state index is 0.222. The lowest BCUT2D eigenvalue weighted by molar-refractivity contribution is 0.102. The molecule has 1 atom stereocenters. The summed E-state index contributed by atoms with van der Waals surface area (Å²) in [5, 5.41) is 7.81. The fourth-order valence-corrected chi connectivity index (χ4v) is 6.78. The molecule has 1 aliphatic heterocycles. The van der Waals surface area contributed by atoms with Gasteiger partial charge in [0.2, 0.25) is 0 Å². The van der Waals surface area contributed by atoms with Crippen LogP contribution in [0.3, 0.4) is 0 Å². The zero-order valence-corrected chi connectivity index (χ0v) is 29.0. The smallest absolute Gasteiger partial charge is 0.255 e. The van der Waals surface area contributed by atoms with Gasteiger partial charge in [-0.1, -0.05) is 43.3 Å². The number of methoxy groups -OCH3 is 2. The Morgan fingerprint density at radius 2 is 1.48 bits per heavy atom. The minimum Gasteiger partial charge on any atom is -0.496 e. The van der Waals surface area contributed by atoms with Crippen LogP contribution in [-0.4, -0.2) is 74.3 Å². The van der Waals surface area contributed by atoms with Gasteiger partial charge in [-0.05, 0) is 74.3 Å². The number of ether oxygens (including phenoxy) is 2. The molecule has 0 saturated carbocycles. The molecule has 0 bridgehead atoms. The molecule has 0 aliphatic carbocycles. The van der Waals surface area contributed by atoms with Crippen molar-refractivity contribution in [2.75, 3.05) is 64.6 Å². The average molecular weight is 646 g/mol. The fraction of sp³-hybridized carbons (Fsp3) is 0.325. The molecule has 0 spiro atoms. The molecule has 48 heavy (non-hydrogen) atoms. The average Bonchev–Trinajstić information content (AvgIpc) is 3.33. The maximum atomic E-state index is 13.4. The number of benzene rings is 4. The first-order valence-corrected chi connectivity index (χ1v) is 16.7. The Hall–Kier alpha value is -4.79. The number of nitrogens with one attached hydrogen (secondary N) is 2. The van der Waals surface area contributed by atoms with E-state index >= 15 is 0 Å². The van der Waals surface area contributed by atoms with Crippen LogP contribution in [0.4, 0.5) is 17.1 Å². The molecule has 8 nitrogen and oxygen atoms in total. The first-order valence-electron chi connectivity index (χ1n) is 16.7. The van der Waals surface area contributed by atoms with Crippen LogP contribution in [-0.2, 0) is 6.54 Å². The van der Waals surface area contributed by atoms with Gasteiger partial charge in [-0.2, -0.15) is 0 Å². The van der Waals surface area contributed by atoms with E-state index < -0.39 is 0 Å². The first-order chi connectivity index (χ1) is 23.2. The molecule has 1 unspecified atom stereocenters. The number of rotatable bonds is 11. The molecule has 5 aromatic rings. The van der Waals surface area contributed by atoms with Crippen LogP contribution in [0.5, 0.6) is 11.5 Å². The van der Waals surface area contributed by atoms with Crippen molar-refractivity contribution >= 4 is 33.9 Å². The predicted octanol–water partition coefficient (Wildman–Crippen LogP) is 7.82. The standard InChI is InChI=1S/C40H47N5O3/c1-27(25-44-19-17-43(4)18-20-44)26-45-29(3)28(2)35-22-33(15-16-36(35)45)41-32-14-10-13-31(21-32)40(46)42-34-23-37(47-5)39(38(24-34)48-6)30-11-8-7-9-12-30/h7-16,21-24,27,41H,17-20,25-26H2,1-6H3,(H,42,46). The van der Waals surface area contributed by atoms with E-state index in [1.165, 1.54) is 22.2 Å². The van der Waals surface area contributed by atoms with Crippen molar-refractivity contribution in [3.8, 4) is 22.6 Å². The highest BCUT2D eigenvalue weighted by Crippen LogP contribution is 2.41. The lowest BCUT2D eigenvalue weighted by Gasteiger charge is -2.34. The predicted molar refractivity (Wildman–Crippen MR) is 197 cm³/mol. The summed E-state index contributed by atoms with van der Waals surface area (Å²) in [6, 6.07) is 27.7. The monoisotopic (exact) mass is 645 g/mol. The fourth-order valence-electron chi connectivity index (χ4n) is 6.78. The Morgan fingerprint density at radius 3 is 2.17 bits per heavy atom. The summed E-state index contributed by atoms with van der Waals surface area (Å²) in [5.41, 5.74) is 8.64. The third-order valence-corrected chi connectivity index (χ3v) is 9.54. The molecule has 1 aliphatic rings. The summed E-state index contributed by atoms with van der Waals surface area (Å²) in [6.07, 6.45) is 0. The number of aromatic nitrogens is 1. The number of carbonyl (C=O) groups is 1. The Morgan fingerprint density at radius 1 is 0.792 bits per heavy atom. The quantitative estimate of drug-likeness (QED) is 0.153. The number of hydrogen-bond donors (Lipinski definition) is 2. The normalized spacial score (nSPS) is 14.5.